The van der Waals surface area contributed by atoms with Crippen LogP contribution in [0.15, 0.2) is 54.6 Å². The Hall–Kier alpha value is -2.37. The highest BCUT2D eigenvalue weighted by Gasteiger charge is 2.25. The molecule has 1 atom stereocenters. The summed E-state index contributed by atoms with van der Waals surface area (Å²) < 4.78 is 0. The Morgan fingerprint density at radius 1 is 1.08 bits per heavy atom. The minimum Gasteiger partial charge on any atom is -0.337 e. The molecule has 1 aliphatic rings. The van der Waals surface area contributed by atoms with Gasteiger partial charge in [-0.15, -0.1) is 12.4 Å². The topological polar surface area (TPSA) is 61.4 Å². The highest BCUT2D eigenvalue weighted by molar-refractivity contribution is 6.09. The van der Waals surface area contributed by atoms with Gasteiger partial charge < -0.3 is 15.5 Å². The minimum absolute atomic E-state index is 0. The number of amides is 2. The van der Waals surface area contributed by atoms with E-state index in [1.54, 1.807) is 29.2 Å². The largest absolute Gasteiger partial charge is 0.337 e. The summed E-state index contributed by atoms with van der Waals surface area (Å²) in [6, 6.07) is 16.3. The quantitative estimate of drug-likeness (QED) is 0.882. The number of hydrogen-bond acceptors (Lipinski definition) is 3. The lowest BCUT2D eigenvalue weighted by Gasteiger charge is -2.25. The highest BCUT2D eigenvalue weighted by Crippen LogP contribution is 2.20. The van der Waals surface area contributed by atoms with E-state index >= 15 is 0 Å². The van der Waals surface area contributed by atoms with Crippen LogP contribution in [0.5, 0.6) is 0 Å². The molecule has 2 aromatic carbocycles. The maximum atomic E-state index is 12.8. The van der Waals surface area contributed by atoms with Gasteiger partial charge in [-0.25, -0.2) is 0 Å². The van der Waals surface area contributed by atoms with Gasteiger partial charge in [0.15, 0.2) is 0 Å². The zero-order chi connectivity index (χ0) is 16.9. The molecule has 6 heteroatoms. The molecule has 0 radical (unpaired) electrons. The summed E-state index contributed by atoms with van der Waals surface area (Å²) in [5.74, 6) is -0.298. The number of rotatable bonds is 4. The fraction of sp³-hybridized carbons (Fsp3) is 0.263. The molecule has 0 saturated carbocycles. The van der Waals surface area contributed by atoms with Gasteiger partial charge in [0.1, 0.15) is 0 Å². The molecule has 2 amide bonds. The maximum absolute atomic E-state index is 12.8. The molecular weight excluding hydrogens is 338 g/mol. The zero-order valence-electron chi connectivity index (χ0n) is 14.1. The van der Waals surface area contributed by atoms with E-state index in [1.807, 2.05) is 37.4 Å². The number of hydrogen-bond donors (Lipinski definition) is 2. The lowest BCUT2D eigenvalue weighted by molar-refractivity contribution is 0.0745. The first kappa shape index (κ1) is 19.0. The lowest BCUT2D eigenvalue weighted by atomic mass is 10.1. The van der Waals surface area contributed by atoms with Crippen molar-refractivity contribution in [3.8, 4) is 0 Å². The Balaban J connectivity index is 0.00000225. The van der Waals surface area contributed by atoms with Crippen molar-refractivity contribution in [1.29, 1.82) is 0 Å². The van der Waals surface area contributed by atoms with Crippen LogP contribution in [-0.2, 0) is 0 Å². The standard InChI is InChI=1S/C19H21N3O2.ClH/c1-22(15-11-12-20-13-15)19(24)16-9-5-6-10-17(16)21-18(23)14-7-3-2-4-8-14;/h2-10,15,20H,11-13H2,1H3,(H,21,23);1H. The van der Waals surface area contributed by atoms with Crippen LogP contribution in [0.1, 0.15) is 27.1 Å². The van der Waals surface area contributed by atoms with Crippen molar-refractivity contribution in [3.63, 3.8) is 0 Å². The molecule has 2 aromatic rings. The summed E-state index contributed by atoms with van der Waals surface area (Å²) in [5.41, 5.74) is 1.61. The Morgan fingerprint density at radius 2 is 1.76 bits per heavy atom. The van der Waals surface area contributed by atoms with Crippen molar-refractivity contribution < 1.29 is 9.59 Å². The SMILES string of the molecule is CN(C(=O)c1ccccc1NC(=O)c1ccccc1)C1CCNC1.Cl. The van der Waals surface area contributed by atoms with Crippen LogP contribution in [0.4, 0.5) is 5.69 Å². The monoisotopic (exact) mass is 359 g/mol. The fourth-order valence-corrected chi connectivity index (χ4v) is 2.89. The number of para-hydroxylation sites is 1. The third kappa shape index (κ3) is 4.38. The van der Waals surface area contributed by atoms with Gasteiger partial charge in [-0.3, -0.25) is 9.59 Å². The van der Waals surface area contributed by atoms with Crippen LogP contribution in [0.3, 0.4) is 0 Å². The van der Waals surface area contributed by atoms with E-state index in [9.17, 15) is 9.59 Å². The summed E-state index contributed by atoms with van der Waals surface area (Å²) >= 11 is 0. The number of nitrogens with one attached hydrogen (secondary N) is 2. The molecule has 1 aliphatic heterocycles. The van der Waals surface area contributed by atoms with Crippen LogP contribution < -0.4 is 10.6 Å². The molecule has 1 saturated heterocycles. The fourth-order valence-electron chi connectivity index (χ4n) is 2.89. The molecule has 1 fully saturated rings. The molecule has 5 nitrogen and oxygen atoms in total. The van der Waals surface area contributed by atoms with Gasteiger partial charge in [0.2, 0.25) is 0 Å². The number of carbonyl (C=O) groups is 2. The van der Waals surface area contributed by atoms with Crippen LogP contribution in [0.2, 0.25) is 0 Å². The number of likely N-dealkylation sites (N-methyl/N-ethyl adjacent to an activating group) is 1. The van der Waals surface area contributed by atoms with E-state index in [0.29, 0.717) is 16.8 Å². The Bertz CT molecular complexity index is 730. The molecule has 132 valence electrons. The summed E-state index contributed by atoms with van der Waals surface area (Å²) in [7, 11) is 1.82. The average molecular weight is 360 g/mol. The van der Waals surface area contributed by atoms with Gasteiger partial charge in [-0.2, -0.15) is 0 Å². The van der Waals surface area contributed by atoms with Crippen molar-refractivity contribution in [1.82, 2.24) is 10.2 Å². The molecule has 1 unspecified atom stereocenters. The average Bonchev–Trinajstić information content (AvgIpc) is 3.16. The molecular formula is C19H22ClN3O2. The van der Waals surface area contributed by atoms with E-state index in [-0.39, 0.29) is 30.3 Å². The van der Waals surface area contributed by atoms with Gasteiger partial charge in [0.05, 0.1) is 11.3 Å². The second-order valence-electron chi connectivity index (χ2n) is 5.93. The number of benzene rings is 2. The maximum Gasteiger partial charge on any atom is 0.256 e. The van der Waals surface area contributed by atoms with Gasteiger partial charge in [-0.1, -0.05) is 30.3 Å². The molecule has 1 heterocycles. The lowest BCUT2D eigenvalue weighted by Crippen LogP contribution is -2.38. The predicted molar refractivity (Wildman–Crippen MR) is 101 cm³/mol. The molecule has 2 N–H and O–H groups in total. The number of nitrogens with zero attached hydrogens (tertiary/aromatic N) is 1. The van der Waals surface area contributed by atoms with Crippen LogP contribution in [0, 0.1) is 0 Å². The summed E-state index contributed by atoms with van der Waals surface area (Å²) in [5, 5.41) is 6.12. The van der Waals surface area contributed by atoms with Crippen molar-refractivity contribution in [2.45, 2.75) is 12.5 Å². The molecule has 25 heavy (non-hydrogen) atoms. The van der Waals surface area contributed by atoms with Crippen LogP contribution >= 0.6 is 12.4 Å². The Kier molecular flexibility index (Phi) is 6.56. The van der Waals surface area contributed by atoms with Crippen LogP contribution in [-0.4, -0.2) is 42.9 Å². The van der Waals surface area contributed by atoms with Gasteiger partial charge in [0, 0.05) is 25.2 Å². The summed E-state index contributed by atoms with van der Waals surface area (Å²) in [4.78, 5) is 26.9. The Labute approximate surface area is 153 Å². The second kappa shape index (κ2) is 8.65. The van der Waals surface area contributed by atoms with Crippen molar-refractivity contribution >= 4 is 29.9 Å². The molecule has 0 bridgehead atoms. The van der Waals surface area contributed by atoms with E-state index in [2.05, 4.69) is 10.6 Å². The first-order chi connectivity index (χ1) is 11.7. The van der Waals surface area contributed by atoms with E-state index < -0.39 is 0 Å². The summed E-state index contributed by atoms with van der Waals surface area (Å²) in [6.07, 6.45) is 0.945. The van der Waals surface area contributed by atoms with Crippen molar-refractivity contribution in [2.24, 2.45) is 0 Å². The smallest absolute Gasteiger partial charge is 0.256 e. The first-order valence-corrected chi connectivity index (χ1v) is 8.10. The van der Waals surface area contributed by atoms with E-state index in [1.165, 1.54) is 0 Å². The highest BCUT2D eigenvalue weighted by atomic mass is 35.5. The minimum atomic E-state index is -0.221. The van der Waals surface area contributed by atoms with E-state index in [4.69, 9.17) is 0 Å². The third-order valence-corrected chi connectivity index (χ3v) is 4.34. The van der Waals surface area contributed by atoms with Gasteiger partial charge >= 0.3 is 0 Å². The molecule has 0 spiro atoms. The zero-order valence-corrected chi connectivity index (χ0v) is 14.9. The molecule has 0 aliphatic carbocycles. The van der Waals surface area contributed by atoms with Crippen LogP contribution in [0.25, 0.3) is 0 Å². The molecule has 0 aromatic heterocycles. The summed E-state index contributed by atoms with van der Waals surface area (Å²) in [6.45, 7) is 1.73. The van der Waals surface area contributed by atoms with E-state index in [0.717, 1.165) is 19.5 Å². The number of carbonyl (C=O) groups excluding carboxylic acids is 2. The predicted octanol–water partition coefficient (Wildman–Crippen LogP) is 2.79. The van der Waals surface area contributed by atoms with Gasteiger partial charge in [-0.05, 0) is 37.2 Å². The van der Waals surface area contributed by atoms with Crippen molar-refractivity contribution in [2.75, 3.05) is 25.5 Å². The first-order valence-electron chi connectivity index (χ1n) is 8.10. The number of anilines is 1. The third-order valence-electron chi connectivity index (χ3n) is 4.34. The normalized spacial score (nSPS) is 16.0. The Morgan fingerprint density at radius 3 is 2.44 bits per heavy atom. The van der Waals surface area contributed by atoms with Gasteiger partial charge in [0.25, 0.3) is 11.8 Å². The second-order valence-corrected chi connectivity index (χ2v) is 5.93. The molecule has 3 rings (SSSR count). The van der Waals surface area contributed by atoms with Crippen molar-refractivity contribution in [3.05, 3.63) is 65.7 Å². The number of halogens is 1.